The second kappa shape index (κ2) is 5.58. The molecular formula is C21H31ClO2. The number of halogens is 1. The Morgan fingerprint density at radius 3 is 2.75 bits per heavy atom. The summed E-state index contributed by atoms with van der Waals surface area (Å²) in [7, 11) is 0. The number of carbonyl (C=O) groups is 1. The summed E-state index contributed by atoms with van der Waals surface area (Å²) in [6, 6.07) is 0. The number of aliphatic hydroxyl groups excluding tert-OH is 1. The van der Waals surface area contributed by atoms with Gasteiger partial charge in [-0.25, -0.2) is 0 Å². The van der Waals surface area contributed by atoms with Crippen LogP contribution in [0.1, 0.15) is 65.7 Å². The van der Waals surface area contributed by atoms with Crippen LogP contribution in [0.4, 0.5) is 0 Å². The van der Waals surface area contributed by atoms with E-state index in [-0.39, 0.29) is 28.2 Å². The Balaban J connectivity index is 1.71. The Hall–Kier alpha value is -0.340. The first-order chi connectivity index (χ1) is 11.3. The monoisotopic (exact) mass is 350 g/mol. The van der Waals surface area contributed by atoms with E-state index in [9.17, 15) is 9.90 Å². The van der Waals surface area contributed by atoms with Crippen molar-refractivity contribution in [3.63, 3.8) is 0 Å². The smallest absolute Gasteiger partial charge is 0.133 e. The van der Waals surface area contributed by atoms with E-state index in [2.05, 4.69) is 19.9 Å². The lowest BCUT2D eigenvalue weighted by atomic mass is 9.47. The largest absolute Gasteiger partial charge is 0.393 e. The number of allylic oxidation sites excluding steroid dienone is 1. The van der Waals surface area contributed by atoms with Crippen molar-refractivity contribution in [2.45, 2.75) is 77.2 Å². The second-order valence-electron chi connectivity index (χ2n) is 9.54. The summed E-state index contributed by atoms with van der Waals surface area (Å²) in [5.41, 5.74) is 1.71. The Morgan fingerprint density at radius 2 is 2.04 bits per heavy atom. The molecule has 1 unspecified atom stereocenters. The fourth-order valence-electron chi connectivity index (χ4n) is 7.37. The predicted molar refractivity (Wildman–Crippen MR) is 96.9 cm³/mol. The first-order valence-corrected chi connectivity index (χ1v) is 10.2. The van der Waals surface area contributed by atoms with Crippen LogP contribution in [0.3, 0.4) is 0 Å². The summed E-state index contributed by atoms with van der Waals surface area (Å²) < 4.78 is 0. The Bertz CT molecular complexity index is 584. The number of fused-ring (bicyclic) bond motifs is 5. The van der Waals surface area contributed by atoms with E-state index in [1.807, 2.05) is 0 Å². The van der Waals surface area contributed by atoms with Crippen molar-refractivity contribution in [3.05, 3.63) is 11.6 Å². The second-order valence-corrected chi connectivity index (χ2v) is 10.1. The molecule has 4 aliphatic carbocycles. The van der Waals surface area contributed by atoms with Crippen molar-refractivity contribution in [1.29, 1.82) is 0 Å². The molecule has 0 aromatic carbocycles. The van der Waals surface area contributed by atoms with E-state index in [0.29, 0.717) is 23.5 Å². The minimum absolute atomic E-state index is 0.0926. The molecule has 0 aliphatic heterocycles. The molecular weight excluding hydrogens is 320 g/mol. The van der Waals surface area contributed by atoms with Gasteiger partial charge in [0.15, 0.2) is 0 Å². The molecule has 24 heavy (non-hydrogen) atoms. The minimum atomic E-state index is -0.169. The molecule has 134 valence electrons. The Labute approximate surface area is 151 Å². The summed E-state index contributed by atoms with van der Waals surface area (Å²) in [4.78, 5) is 12.2. The van der Waals surface area contributed by atoms with Gasteiger partial charge in [-0.1, -0.05) is 25.5 Å². The molecule has 2 nitrogen and oxygen atoms in total. The molecule has 1 N–H and O–H groups in total. The molecule has 3 fully saturated rings. The first-order valence-electron chi connectivity index (χ1n) is 9.79. The third-order valence-corrected chi connectivity index (χ3v) is 8.89. The Morgan fingerprint density at radius 1 is 1.29 bits per heavy atom. The van der Waals surface area contributed by atoms with Crippen molar-refractivity contribution in [2.75, 3.05) is 0 Å². The highest BCUT2D eigenvalue weighted by atomic mass is 35.5. The lowest BCUT2D eigenvalue weighted by Gasteiger charge is -2.59. The molecule has 0 bridgehead atoms. The summed E-state index contributed by atoms with van der Waals surface area (Å²) in [6.07, 6.45) is 9.37. The number of aliphatic hydroxyl groups is 1. The summed E-state index contributed by atoms with van der Waals surface area (Å²) in [5, 5.41) is 10.3. The van der Waals surface area contributed by atoms with Crippen LogP contribution in [0.15, 0.2) is 11.6 Å². The van der Waals surface area contributed by atoms with Gasteiger partial charge in [0, 0.05) is 11.3 Å². The number of rotatable bonds is 1. The highest BCUT2D eigenvalue weighted by Gasteiger charge is 2.62. The molecule has 3 heteroatoms. The molecule has 0 saturated heterocycles. The van der Waals surface area contributed by atoms with Crippen LogP contribution in [0.2, 0.25) is 0 Å². The molecule has 0 heterocycles. The van der Waals surface area contributed by atoms with Crippen molar-refractivity contribution in [1.82, 2.24) is 0 Å². The third-order valence-electron chi connectivity index (χ3n) is 8.46. The SMILES string of the molecule is CC(=O)[C@H]1CC[C@H]2[C@@H]3CC=C4C[C@@H](O)CC[C@]4(C)[C@H]3C(Cl)C[C@]12C. The molecule has 0 spiro atoms. The Kier molecular flexibility index (Phi) is 3.97. The summed E-state index contributed by atoms with van der Waals surface area (Å²) in [6.45, 7) is 6.52. The molecule has 0 amide bonds. The van der Waals surface area contributed by atoms with E-state index >= 15 is 0 Å². The quantitative estimate of drug-likeness (QED) is 0.548. The van der Waals surface area contributed by atoms with Gasteiger partial charge in [-0.05, 0) is 80.5 Å². The van der Waals surface area contributed by atoms with Gasteiger partial charge in [0.1, 0.15) is 5.78 Å². The number of Topliss-reactive ketones (excluding diaryl/α,β-unsaturated/α-hetero) is 1. The van der Waals surface area contributed by atoms with Crippen LogP contribution in [0, 0.1) is 34.5 Å². The highest BCUT2D eigenvalue weighted by molar-refractivity contribution is 6.21. The van der Waals surface area contributed by atoms with E-state index in [1.54, 1.807) is 6.92 Å². The summed E-state index contributed by atoms with van der Waals surface area (Å²) >= 11 is 7.06. The number of carbonyl (C=O) groups excluding carboxylic acids is 1. The standard InChI is InChI=1S/C21H31ClO2/c1-12(23)16-6-7-17-15-5-4-13-10-14(24)8-9-20(13,2)19(15)18(22)11-21(16,17)3/h4,14-19,24H,5-11H2,1-3H3/t14-,15-,16+,17-,18?,19+,20-,21+/m0/s1. The fraction of sp³-hybridized carbons (Fsp3) is 0.857. The van der Waals surface area contributed by atoms with Gasteiger partial charge in [-0.2, -0.15) is 0 Å². The number of ketones is 1. The minimum Gasteiger partial charge on any atom is -0.393 e. The van der Waals surface area contributed by atoms with Crippen molar-refractivity contribution in [3.8, 4) is 0 Å². The van der Waals surface area contributed by atoms with Crippen LogP contribution in [-0.4, -0.2) is 22.4 Å². The predicted octanol–water partition coefficient (Wildman–Crippen LogP) is 4.73. The normalized spacial score (nSPS) is 53.6. The molecule has 4 rings (SSSR count). The maximum absolute atomic E-state index is 12.2. The molecule has 0 radical (unpaired) electrons. The zero-order chi connectivity index (χ0) is 17.3. The van der Waals surface area contributed by atoms with E-state index in [0.717, 1.165) is 38.5 Å². The van der Waals surface area contributed by atoms with Gasteiger partial charge >= 0.3 is 0 Å². The molecule has 0 aromatic rings. The van der Waals surface area contributed by atoms with Crippen LogP contribution in [0.25, 0.3) is 0 Å². The lowest BCUT2D eigenvalue weighted by Crippen LogP contribution is -2.55. The average molecular weight is 351 g/mol. The molecule has 0 aromatic heterocycles. The van der Waals surface area contributed by atoms with Gasteiger partial charge in [0.2, 0.25) is 0 Å². The van der Waals surface area contributed by atoms with E-state index in [1.165, 1.54) is 12.0 Å². The number of hydrogen-bond donors (Lipinski definition) is 1. The van der Waals surface area contributed by atoms with Gasteiger partial charge < -0.3 is 5.11 Å². The van der Waals surface area contributed by atoms with Gasteiger partial charge in [-0.3, -0.25) is 4.79 Å². The fourth-order valence-corrected chi connectivity index (χ4v) is 8.17. The van der Waals surface area contributed by atoms with Crippen LogP contribution < -0.4 is 0 Å². The van der Waals surface area contributed by atoms with Crippen LogP contribution >= 0.6 is 11.6 Å². The van der Waals surface area contributed by atoms with Gasteiger partial charge in [-0.15, -0.1) is 11.6 Å². The van der Waals surface area contributed by atoms with Crippen molar-refractivity contribution < 1.29 is 9.90 Å². The van der Waals surface area contributed by atoms with Crippen molar-refractivity contribution in [2.24, 2.45) is 34.5 Å². The zero-order valence-corrected chi connectivity index (χ0v) is 16.0. The third kappa shape index (κ3) is 2.21. The topological polar surface area (TPSA) is 37.3 Å². The van der Waals surface area contributed by atoms with E-state index < -0.39 is 0 Å². The number of alkyl halides is 1. The van der Waals surface area contributed by atoms with Crippen LogP contribution in [-0.2, 0) is 4.79 Å². The highest BCUT2D eigenvalue weighted by Crippen LogP contribution is 2.67. The molecule has 4 aliphatic rings. The summed E-state index contributed by atoms with van der Waals surface area (Å²) in [5.74, 6) is 2.32. The van der Waals surface area contributed by atoms with Crippen LogP contribution in [0.5, 0.6) is 0 Å². The number of hydrogen-bond acceptors (Lipinski definition) is 2. The van der Waals surface area contributed by atoms with Gasteiger partial charge in [0.05, 0.1) is 6.10 Å². The maximum atomic E-state index is 12.2. The lowest BCUT2D eigenvalue weighted by molar-refractivity contribution is -0.127. The zero-order valence-electron chi connectivity index (χ0n) is 15.2. The van der Waals surface area contributed by atoms with Crippen molar-refractivity contribution >= 4 is 17.4 Å². The van der Waals surface area contributed by atoms with E-state index in [4.69, 9.17) is 11.6 Å². The molecule has 3 saturated carbocycles. The first kappa shape index (κ1) is 17.1. The maximum Gasteiger partial charge on any atom is 0.133 e. The van der Waals surface area contributed by atoms with Gasteiger partial charge in [0.25, 0.3) is 0 Å². The molecule has 8 atom stereocenters. The average Bonchev–Trinajstić information content (AvgIpc) is 2.84.